The molecular weight excluding hydrogens is 514 g/mol. The minimum absolute atomic E-state index is 0.0137. The SMILES string of the molecule is Cc1nc2ccccn2c1C(=O)NCc1ccc(N2CCN(c3ccc(OC(F)(F)F)cc3)[C@@H](C)C2)c(F)c1. The van der Waals surface area contributed by atoms with Gasteiger partial charge in [0.2, 0.25) is 0 Å². The standard InChI is InChI=1S/C28H27F4N5O2/c1-18-17-35(13-14-36(18)21-7-9-22(10-8-21)39-28(30,31)32)24-11-6-20(15-23(24)29)16-33-27(38)26-19(2)34-25-5-3-4-12-37(25)26/h3-12,15,18H,13-14,16-17H2,1-2H3,(H,33,38)/t18-/m0/s1. The molecule has 0 saturated carbocycles. The number of alkyl halides is 3. The Morgan fingerprint density at radius 3 is 2.56 bits per heavy atom. The molecule has 1 aliphatic heterocycles. The average Bonchev–Trinajstić information content (AvgIpc) is 3.23. The second kappa shape index (κ2) is 10.5. The maximum atomic E-state index is 15.1. The first-order valence-corrected chi connectivity index (χ1v) is 12.5. The third kappa shape index (κ3) is 5.76. The second-order valence-corrected chi connectivity index (χ2v) is 9.47. The number of piperazine rings is 1. The van der Waals surface area contributed by atoms with Gasteiger partial charge in [0.05, 0.1) is 11.4 Å². The van der Waals surface area contributed by atoms with E-state index in [2.05, 4.69) is 19.9 Å². The largest absolute Gasteiger partial charge is 0.573 e. The fourth-order valence-electron chi connectivity index (χ4n) is 4.97. The summed E-state index contributed by atoms with van der Waals surface area (Å²) in [5, 5.41) is 2.85. The molecule has 7 nitrogen and oxygen atoms in total. The van der Waals surface area contributed by atoms with E-state index in [1.165, 1.54) is 18.2 Å². The Balaban J connectivity index is 1.20. The predicted octanol–water partition coefficient (Wildman–Crippen LogP) is 5.33. The molecule has 0 bridgehead atoms. The molecule has 0 radical (unpaired) electrons. The van der Waals surface area contributed by atoms with Crippen molar-refractivity contribution >= 4 is 22.9 Å². The number of hydrogen-bond donors (Lipinski definition) is 1. The Hall–Kier alpha value is -4.28. The lowest BCUT2D eigenvalue weighted by Crippen LogP contribution is -2.52. The monoisotopic (exact) mass is 541 g/mol. The summed E-state index contributed by atoms with van der Waals surface area (Å²) >= 11 is 0. The lowest BCUT2D eigenvalue weighted by molar-refractivity contribution is -0.274. The minimum atomic E-state index is -4.74. The molecule has 204 valence electrons. The summed E-state index contributed by atoms with van der Waals surface area (Å²) in [6.07, 6.45) is -2.96. The van der Waals surface area contributed by atoms with E-state index >= 15 is 4.39 Å². The van der Waals surface area contributed by atoms with Crippen LogP contribution in [0.15, 0.2) is 66.9 Å². The summed E-state index contributed by atoms with van der Waals surface area (Å²) in [5.74, 6) is -0.953. The van der Waals surface area contributed by atoms with E-state index in [0.29, 0.717) is 47.9 Å². The van der Waals surface area contributed by atoms with Crippen LogP contribution in [0, 0.1) is 12.7 Å². The molecule has 11 heteroatoms. The van der Waals surface area contributed by atoms with Crippen LogP contribution >= 0.6 is 0 Å². The van der Waals surface area contributed by atoms with Crippen LogP contribution in [0.25, 0.3) is 5.65 Å². The van der Waals surface area contributed by atoms with Gasteiger partial charge in [0.1, 0.15) is 22.9 Å². The molecule has 1 atom stereocenters. The molecule has 1 amide bonds. The van der Waals surface area contributed by atoms with Crippen molar-refractivity contribution in [3.8, 4) is 5.75 Å². The number of pyridine rings is 1. The molecule has 39 heavy (non-hydrogen) atoms. The molecular formula is C28H27F4N5O2. The lowest BCUT2D eigenvalue weighted by atomic mass is 10.1. The van der Waals surface area contributed by atoms with E-state index in [9.17, 15) is 18.0 Å². The zero-order valence-corrected chi connectivity index (χ0v) is 21.4. The Morgan fingerprint density at radius 2 is 1.87 bits per heavy atom. The highest BCUT2D eigenvalue weighted by atomic mass is 19.4. The van der Waals surface area contributed by atoms with Crippen LogP contribution in [0.4, 0.5) is 28.9 Å². The van der Waals surface area contributed by atoms with Gasteiger partial charge in [-0.05, 0) is 67.9 Å². The smallest absolute Gasteiger partial charge is 0.406 e. The summed E-state index contributed by atoms with van der Waals surface area (Å²) in [6.45, 7) is 5.54. The number of rotatable bonds is 6. The number of carbonyl (C=O) groups is 1. The van der Waals surface area contributed by atoms with Crippen molar-refractivity contribution in [1.82, 2.24) is 14.7 Å². The average molecular weight is 542 g/mol. The fourth-order valence-corrected chi connectivity index (χ4v) is 4.97. The van der Waals surface area contributed by atoms with Gasteiger partial charge < -0.3 is 19.9 Å². The fraction of sp³-hybridized carbons (Fsp3) is 0.286. The van der Waals surface area contributed by atoms with E-state index in [0.717, 1.165) is 5.69 Å². The second-order valence-electron chi connectivity index (χ2n) is 9.47. The molecule has 0 spiro atoms. The van der Waals surface area contributed by atoms with E-state index in [-0.39, 0.29) is 30.1 Å². The molecule has 5 rings (SSSR count). The van der Waals surface area contributed by atoms with Gasteiger partial charge in [-0.15, -0.1) is 13.2 Å². The summed E-state index contributed by atoms with van der Waals surface area (Å²) in [6, 6.07) is 16.2. The topological polar surface area (TPSA) is 62.1 Å². The van der Waals surface area contributed by atoms with Gasteiger partial charge in [0.25, 0.3) is 5.91 Å². The van der Waals surface area contributed by atoms with Crippen molar-refractivity contribution in [2.24, 2.45) is 0 Å². The summed E-state index contributed by atoms with van der Waals surface area (Å²) in [7, 11) is 0. The van der Waals surface area contributed by atoms with E-state index in [1.807, 2.05) is 30.0 Å². The summed E-state index contributed by atoms with van der Waals surface area (Å²) in [5.41, 5.74) is 3.59. The van der Waals surface area contributed by atoms with Gasteiger partial charge in [-0.2, -0.15) is 0 Å². The van der Waals surface area contributed by atoms with Gasteiger partial charge in [-0.25, -0.2) is 9.37 Å². The number of anilines is 2. The molecule has 2 aromatic carbocycles. The van der Waals surface area contributed by atoms with Crippen LogP contribution in [-0.2, 0) is 6.54 Å². The highest BCUT2D eigenvalue weighted by Gasteiger charge is 2.31. The molecule has 0 unspecified atom stereocenters. The molecule has 4 aromatic rings. The van der Waals surface area contributed by atoms with Gasteiger partial charge in [-0.1, -0.05) is 12.1 Å². The number of nitrogens with zero attached hydrogens (tertiary/aromatic N) is 4. The van der Waals surface area contributed by atoms with Crippen molar-refractivity contribution in [1.29, 1.82) is 0 Å². The number of amides is 1. The maximum absolute atomic E-state index is 15.1. The predicted molar refractivity (Wildman–Crippen MR) is 140 cm³/mol. The zero-order valence-electron chi connectivity index (χ0n) is 21.4. The van der Waals surface area contributed by atoms with Crippen molar-refractivity contribution in [2.45, 2.75) is 32.8 Å². The van der Waals surface area contributed by atoms with Gasteiger partial charge in [-0.3, -0.25) is 9.20 Å². The van der Waals surface area contributed by atoms with Crippen molar-refractivity contribution in [3.63, 3.8) is 0 Å². The van der Waals surface area contributed by atoms with Crippen LogP contribution in [0.1, 0.15) is 28.7 Å². The highest BCUT2D eigenvalue weighted by molar-refractivity contribution is 5.94. The van der Waals surface area contributed by atoms with Crippen LogP contribution in [-0.4, -0.2) is 47.3 Å². The van der Waals surface area contributed by atoms with Crippen LogP contribution in [0.3, 0.4) is 0 Å². The third-order valence-corrected chi connectivity index (χ3v) is 6.75. The van der Waals surface area contributed by atoms with Gasteiger partial charge in [0.15, 0.2) is 0 Å². The Labute approximate surface area is 222 Å². The normalized spacial score (nSPS) is 16.0. The molecule has 3 heterocycles. The molecule has 1 saturated heterocycles. The van der Waals surface area contributed by atoms with E-state index < -0.39 is 6.36 Å². The molecule has 1 N–H and O–H groups in total. The summed E-state index contributed by atoms with van der Waals surface area (Å²) < 4.78 is 58.1. The van der Waals surface area contributed by atoms with Crippen LogP contribution < -0.4 is 19.9 Å². The Bertz CT molecular complexity index is 1490. The Kier molecular flexibility index (Phi) is 7.07. The highest BCUT2D eigenvalue weighted by Crippen LogP contribution is 2.29. The first-order chi connectivity index (χ1) is 18.6. The number of ether oxygens (including phenoxy) is 1. The number of nitrogens with one attached hydrogen (secondary N) is 1. The van der Waals surface area contributed by atoms with E-state index in [4.69, 9.17) is 0 Å². The van der Waals surface area contributed by atoms with Crippen LogP contribution in [0.2, 0.25) is 0 Å². The van der Waals surface area contributed by atoms with Gasteiger partial charge in [0, 0.05) is 44.1 Å². The quantitative estimate of drug-likeness (QED) is 0.335. The van der Waals surface area contributed by atoms with Crippen molar-refractivity contribution < 1.29 is 27.1 Å². The number of aromatic nitrogens is 2. The third-order valence-electron chi connectivity index (χ3n) is 6.75. The van der Waals surface area contributed by atoms with Crippen molar-refractivity contribution in [2.75, 3.05) is 29.4 Å². The van der Waals surface area contributed by atoms with Crippen molar-refractivity contribution in [3.05, 3.63) is 89.6 Å². The first-order valence-electron chi connectivity index (χ1n) is 12.5. The van der Waals surface area contributed by atoms with Gasteiger partial charge >= 0.3 is 6.36 Å². The Morgan fingerprint density at radius 1 is 1.10 bits per heavy atom. The number of fused-ring (bicyclic) bond motifs is 1. The molecule has 1 aliphatic rings. The van der Waals surface area contributed by atoms with Crippen LogP contribution in [0.5, 0.6) is 5.75 Å². The first kappa shape index (κ1) is 26.3. The molecule has 2 aromatic heterocycles. The maximum Gasteiger partial charge on any atom is 0.573 e. The molecule has 0 aliphatic carbocycles. The van der Waals surface area contributed by atoms with E-state index in [1.54, 1.807) is 41.8 Å². The number of imidazole rings is 1. The number of hydrogen-bond acceptors (Lipinski definition) is 5. The molecule has 1 fully saturated rings. The number of benzene rings is 2. The summed E-state index contributed by atoms with van der Waals surface area (Å²) in [4.78, 5) is 21.3. The number of aryl methyl sites for hydroxylation is 1. The number of carbonyl (C=O) groups excluding carboxylic acids is 1. The zero-order chi connectivity index (χ0) is 27.7. The minimum Gasteiger partial charge on any atom is -0.406 e. The number of halogens is 4. The lowest BCUT2D eigenvalue weighted by Gasteiger charge is -2.42.